The molecule has 2 heterocycles. The summed E-state index contributed by atoms with van der Waals surface area (Å²) in [4.78, 5) is 30.1. The van der Waals surface area contributed by atoms with E-state index in [1.807, 2.05) is 25.1 Å². The molecule has 0 spiro atoms. The zero-order chi connectivity index (χ0) is 24.9. The van der Waals surface area contributed by atoms with E-state index < -0.39 is 6.09 Å². The number of nitrogens with one attached hydrogen (secondary N) is 1. The summed E-state index contributed by atoms with van der Waals surface area (Å²) in [6.45, 7) is 3.11. The number of pyridine rings is 1. The van der Waals surface area contributed by atoms with Crippen LogP contribution in [0.2, 0.25) is 0 Å². The van der Waals surface area contributed by atoms with Crippen molar-refractivity contribution in [3.63, 3.8) is 0 Å². The van der Waals surface area contributed by atoms with Crippen molar-refractivity contribution in [1.82, 2.24) is 19.9 Å². The van der Waals surface area contributed by atoms with Crippen LogP contribution in [0.5, 0.6) is 0 Å². The van der Waals surface area contributed by atoms with Gasteiger partial charge in [-0.1, -0.05) is 31.5 Å². The lowest BCUT2D eigenvalue weighted by atomic mass is 9.92. The van der Waals surface area contributed by atoms with E-state index in [0.29, 0.717) is 32.5 Å². The lowest BCUT2D eigenvalue weighted by molar-refractivity contribution is 0.120. The maximum atomic E-state index is 13.5. The number of imidazole rings is 1. The van der Waals surface area contributed by atoms with Gasteiger partial charge in [0, 0.05) is 42.8 Å². The first-order chi connectivity index (χ1) is 17.1. The molecule has 186 valence electrons. The normalized spacial score (nSPS) is 12.3. The minimum Gasteiger partial charge on any atom is -0.449 e. The smallest absolute Gasteiger partial charge is 0.416 e. The maximum Gasteiger partial charge on any atom is 0.416 e. The fourth-order valence-electron chi connectivity index (χ4n) is 3.69. The van der Waals surface area contributed by atoms with Crippen molar-refractivity contribution in [1.29, 1.82) is 0 Å². The molecule has 1 unspecified atom stereocenters. The van der Waals surface area contributed by atoms with Crippen molar-refractivity contribution < 1.29 is 13.9 Å². The molecule has 0 aliphatic rings. The Hall–Kier alpha value is -3.75. The molecular weight excluding hydrogens is 447 g/mol. The van der Waals surface area contributed by atoms with E-state index in [1.165, 1.54) is 17.0 Å². The van der Waals surface area contributed by atoms with Gasteiger partial charge < -0.3 is 15.5 Å². The average Bonchev–Trinajstić information content (AvgIpc) is 3.39. The number of benzene rings is 1. The number of nitrogens with zero attached hydrogens (tertiary/aromatic N) is 4. The number of unbranched alkanes of at least 4 members (excludes halogenated alkanes) is 1. The second-order valence-electron chi connectivity index (χ2n) is 8.19. The Morgan fingerprint density at radius 3 is 2.74 bits per heavy atom. The van der Waals surface area contributed by atoms with E-state index in [-0.39, 0.29) is 17.7 Å². The third-order valence-corrected chi connectivity index (χ3v) is 5.61. The summed E-state index contributed by atoms with van der Waals surface area (Å²) in [6.07, 6.45) is 8.32. The molecule has 3 rings (SSSR count). The van der Waals surface area contributed by atoms with Gasteiger partial charge >= 0.3 is 6.09 Å². The number of nitrogens with two attached hydrogens (primary N) is 1. The van der Waals surface area contributed by atoms with Gasteiger partial charge in [0.15, 0.2) is 0 Å². The van der Waals surface area contributed by atoms with Crippen molar-refractivity contribution in [2.75, 3.05) is 19.7 Å². The molecule has 0 bridgehead atoms. The number of carbonyl (C=O) groups is 1. The van der Waals surface area contributed by atoms with Crippen LogP contribution in [0.3, 0.4) is 0 Å². The Kier molecular flexibility index (Phi) is 10.2. The Bertz CT molecular complexity index is 1040. The first kappa shape index (κ1) is 25.9. The van der Waals surface area contributed by atoms with E-state index in [0.717, 1.165) is 36.2 Å². The highest BCUT2D eigenvalue weighted by molar-refractivity contribution is 5.93. The van der Waals surface area contributed by atoms with Gasteiger partial charge in [-0.15, -0.1) is 0 Å². The topological polar surface area (TPSA) is 109 Å². The van der Waals surface area contributed by atoms with Crippen LogP contribution in [-0.2, 0) is 11.2 Å². The molecule has 3 aromatic rings. The average molecular weight is 481 g/mol. The van der Waals surface area contributed by atoms with Gasteiger partial charge in [-0.3, -0.25) is 9.98 Å². The van der Waals surface area contributed by atoms with Gasteiger partial charge in [-0.25, -0.2) is 19.1 Å². The first-order valence-electron chi connectivity index (χ1n) is 12.0. The van der Waals surface area contributed by atoms with Crippen LogP contribution in [0.25, 0.3) is 0 Å². The van der Waals surface area contributed by atoms with Crippen LogP contribution < -0.4 is 5.73 Å². The van der Waals surface area contributed by atoms with Crippen molar-refractivity contribution in [3.05, 3.63) is 84.0 Å². The molecule has 8 nitrogen and oxygen atoms in total. The van der Waals surface area contributed by atoms with Crippen molar-refractivity contribution in [3.8, 4) is 0 Å². The van der Waals surface area contributed by atoms with Crippen LogP contribution in [-0.4, -0.2) is 51.6 Å². The van der Waals surface area contributed by atoms with Crippen LogP contribution in [0.1, 0.15) is 55.5 Å². The molecule has 2 aromatic heterocycles. The molecule has 1 aromatic carbocycles. The third-order valence-electron chi connectivity index (χ3n) is 5.61. The zero-order valence-electron chi connectivity index (χ0n) is 20.1. The van der Waals surface area contributed by atoms with Crippen LogP contribution in [0.4, 0.5) is 9.18 Å². The molecule has 0 aliphatic heterocycles. The monoisotopic (exact) mass is 480 g/mol. The van der Waals surface area contributed by atoms with Crippen LogP contribution in [0, 0.1) is 5.82 Å². The molecule has 1 atom stereocenters. The molecule has 0 radical (unpaired) electrons. The molecule has 9 heteroatoms. The summed E-state index contributed by atoms with van der Waals surface area (Å²) >= 11 is 0. The number of halogens is 1. The third kappa shape index (κ3) is 8.20. The highest BCUT2D eigenvalue weighted by atomic mass is 19.1. The minimum absolute atomic E-state index is 0.0846. The van der Waals surface area contributed by atoms with Crippen molar-refractivity contribution in [2.24, 2.45) is 10.7 Å². The number of aromatic nitrogens is 3. The number of H-pyrrole nitrogens is 1. The van der Waals surface area contributed by atoms with Gasteiger partial charge in [-0.05, 0) is 55.5 Å². The van der Waals surface area contributed by atoms with Crippen LogP contribution in [0.15, 0.2) is 66.2 Å². The molecule has 35 heavy (non-hydrogen) atoms. The summed E-state index contributed by atoms with van der Waals surface area (Å²) < 4.78 is 18.9. The van der Waals surface area contributed by atoms with Gasteiger partial charge in [0.25, 0.3) is 0 Å². The zero-order valence-corrected chi connectivity index (χ0v) is 20.1. The second-order valence-corrected chi connectivity index (χ2v) is 8.19. The maximum absolute atomic E-state index is 13.5. The quantitative estimate of drug-likeness (QED) is 0.223. The number of guanidine groups is 1. The van der Waals surface area contributed by atoms with E-state index in [1.54, 1.807) is 30.9 Å². The number of carbonyl (C=O) groups excluding carboxylic acids is 1. The Balaban J connectivity index is 1.68. The van der Waals surface area contributed by atoms with E-state index in [4.69, 9.17) is 10.5 Å². The number of ether oxygens (including phenoxy) is 1. The number of aryl methyl sites for hydroxylation is 1. The van der Waals surface area contributed by atoms with Gasteiger partial charge in [0.05, 0.1) is 12.9 Å². The van der Waals surface area contributed by atoms with Gasteiger partial charge in [0.1, 0.15) is 5.82 Å². The summed E-state index contributed by atoms with van der Waals surface area (Å²) in [5.41, 5.74) is 9.04. The number of aromatic amines is 1. The van der Waals surface area contributed by atoms with E-state index in [2.05, 4.69) is 19.9 Å². The van der Waals surface area contributed by atoms with Crippen molar-refractivity contribution in [2.45, 2.75) is 44.9 Å². The lowest BCUT2D eigenvalue weighted by Crippen LogP contribution is -2.43. The lowest BCUT2D eigenvalue weighted by Gasteiger charge is -2.22. The minimum atomic E-state index is -0.496. The summed E-state index contributed by atoms with van der Waals surface area (Å²) in [6, 6.07) is 12.1. The number of rotatable bonds is 12. The fraction of sp³-hybridized carbons (Fsp3) is 0.385. The molecule has 0 saturated heterocycles. The molecular formula is C26H33FN6O2. The Morgan fingerprint density at radius 1 is 1.23 bits per heavy atom. The van der Waals surface area contributed by atoms with Gasteiger partial charge in [-0.2, -0.15) is 0 Å². The highest BCUT2D eigenvalue weighted by Gasteiger charge is 2.20. The molecule has 0 saturated carbocycles. The number of hydrogen-bond donors (Lipinski definition) is 2. The Labute approximate surface area is 205 Å². The van der Waals surface area contributed by atoms with E-state index in [9.17, 15) is 9.18 Å². The van der Waals surface area contributed by atoms with Crippen LogP contribution >= 0.6 is 0 Å². The predicted octanol–water partition coefficient (Wildman–Crippen LogP) is 4.65. The van der Waals surface area contributed by atoms with E-state index >= 15 is 0 Å². The van der Waals surface area contributed by atoms with Crippen molar-refractivity contribution >= 4 is 12.1 Å². The number of hydrogen-bond acceptors (Lipinski definition) is 5. The van der Waals surface area contributed by atoms with Gasteiger partial charge in [0.2, 0.25) is 5.96 Å². The largest absolute Gasteiger partial charge is 0.449 e. The standard InChI is InChI=1S/C26H33FN6O2/c1-2-3-17-35-26(34)33(16-6-7-22-18-29-19-32-22)25(28)31-15-13-23(24-8-4-5-14-30-24)20-9-11-21(27)12-10-20/h4-5,8-12,14,18-19,23H,2-3,6-7,13,15-17H2,1H3,(H2,28,31)(H,29,32). The SMILES string of the molecule is CCCCOC(=O)N(CCCc1cnc[nH]1)C(N)=NCCC(c1ccc(F)cc1)c1ccccn1. The summed E-state index contributed by atoms with van der Waals surface area (Å²) in [7, 11) is 0. The molecule has 0 aliphatic carbocycles. The second kappa shape index (κ2) is 13.8. The number of aliphatic imine (C=N–C) groups is 1. The Morgan fingerprint density at radius 2 is 2.06 bits per heavy atom. The molecule has 0 fully saturated rings. The first-order valence-corrected chi connectivity index (χ1v) is 12.0. The highest BCUT2D eigenvalue weighted by Crippen LogP contribution is 2.26. The summed E-state index contributed by atoms with van der Waals surface area (Å²) in [5, 5.41) is 0. The number of amides is 1. The summed E-state index contributed by atoms with van der Waals surface area (Å²) in [5.74, 6) is -0.253. The predicted molar refractivity (Wildman–Crippen MR) is 133 cm³/mol. The molecule has 3 N–H and O–H groups in total. The molecule has 1 amide bonds. The fourth-order valence-corrected chi connectivity index (χ4v) is 3.69.